The van der Waals surface area contributed by atoms with Gasteiger partial charge in [0.05, 0.1) is 5.69 Å². The molecule has 2 aliphatic rings. The maximum Gasteiger partial charge on any atom is 0.259 e. The Labute approximate surface area is 212 Å². The fourth-order valence-electron chi connectivity index (χ4n) is 4.71. The predicted octanol–water partition coefficient (Wildman–Crippen LogP) is 5.68. The SMILES string of the molecule is C=C1c2ccccc2C(=O)N1C(C)CN1CCN(c2ccc(C)cc2O)CC1.Clc1ccccc1. The molecule has 0 aliphatic carbocycles. The summed E-state index contributed by atoms with van der Waals surface area (Å²) in [6.45, 7) is 12.6. The van der Waals surface area contributed by atoms with Crippen LogP contribution in [-0.4, -0.2) is 59.6 Å². The molecule has 3 aromatic carbocycles. The molecule has 0 radical (unpaired) electrons. The van der Waals surface area contributed by atoms with Crippen molar-refractivity contribution in [2.45, 2.75) is 19.9 Å². The smallest absolute Gasteiger partial charge is 0.259 e. The molecule has 1 atom stereocenters. The molecule has 0 bridgehead atoms. The van der Waals surface area contributed by atoms with E-state index in [2.05, 4.69) is 23.3 Å². The number of phenols is 1. The second-order valence-corrected chi connectivity index (χ2v) is 9.53. The maximum absolute atomic E-state index is 12.8. The first kappa shape index (κ1) is 24.8. The molecule has 1 fully saturated rings. The predicted molar refractivity (Wildman–Crippen MR) is 144 cm³/mol. The van der Waals surface area contributed by atoms with Gasteiger partial charge in [-0.05, 0) is 49.7 Å². The van der Waals surface area contributed by atoms with Gasteiger partial charge in [0, 0.05) is 60.6 Å². The van der Waals surface area contributed by atoms with E-state index in [9.17, 15) is 9.90 Å². The number of rotatable bonds is 4. The summed E-state index contributed by atoms with van der Waals surface area (Å²) < 4.78 is 0. The Kier molecular flexibility index (Phi) is 7.79. The summed E-state index contributed by atoms with van der Waals surface area (Å²) in [5.41, 5.74) is 4.46. The van der Waals surface area contributed by atoms with Crippen molar-refractivity contribution in [3.8, 4) is 5.75 Å². The van der Waals surface area contributed by atoms with Crippen LogP contribution in [0.4, 0.5) is 5.69 Å². The van der Waals surface area contributed by atoms with Gasteiger partial charge in [-0.15, -0.1) is 0 Å². The number of benzene rings is 3. The normalized spacial score (nSPS) is 16.5. The molecule has 0 spiro atoms. The van der Waals surface area contributed by atoms with Gasteiger partial charge in [0.25, 0.3) is 5.91 Å². The third kappa shape index (κ3) is 5.69. The molecule has 35 heavy (non-hydrogen) atoms. The van der Waals surface area contributed by atoms with E-state index in [0.29, 0.717) is 5.75 Å². The van der Waals surface area contributed by atoms with Crippen molar-refractivity contribution in [1.82, 2.24) is 9.80 Å². The topological polar surface area (TPSA) is 47.0 Å². The van der Waals surface area contributed by atoms with E-state index in [1.165, 1.54) is 0 Å². The zero-order valence-corrected chi connectivity index (χ0v) is 21.1. The summed E-state index contributed by atoms with van der Waals surface area (Å²) in [5, 5.41) is 11.0. The van der Waals surface area contributed by atoms with Crippen LogP contribution >= 0.6 is 11.6 Å². The molecule has 1 amide bonds. The molecule has 5 nitrogen and oxygen atoms in total. The zero-order chi connectivity index (χ0) is 24.9. The first-order chi connectivity index (χ1) is 16.8. The Morgan fingerprint density at radius 2 is 1.57 bits per heavy atom. The minimum absolute atomic E-state index is 0.0521. The molecule has 0 aromatic heterocycles. The molecular weight excluding hydrogens is 458 g/mol. The fraction of sp³-hybridized carbons (Fsp3) is 0.276. The molecule has 6 heteroatoms. The zero-order valence-electron chi connectivity index (χ0n) is 20.3. The number of carbonyl (C=O) groups is 1. The molecule has 1 N–H and O–H groups in total. The van der Waals surface area contributed by atoms with Crippen LogP contribution in [0.1, 0.15) is 28.4 Å². The van der Waals surface area contributed by atoms with Crippen molar-refractivity contribution in [1.29, 1.82) is 0 Å². The Morgan fingerprint density at radius 1 is 0.943 bits per heavy atom. The number of carbonyl (C=O) groups excluding carboxylic acids is 1. The highest BCUT2D eigenvalue weighted by Gasteiger charge is 2.34. The first-order valence-electron chi connectivity index (χ1n) is 11.9. The van der Waals surface area contributed by atoms with Crippen molar-refractivity contribution >= 4 is 28.9 Å². The van der Waals surface area contributed by atoms with Crippen molar-refractivity contribution in [3.63, 3.8) is 0 Å². The largest absolute Gasteiger partial charge is 0.506 e. The molecule has 5 rings (SSSR count). The number of amides is 1. The van der Waals surface area contributed by atoms with E-state index in [4.69, 9.17) is 11.6 Å². The lowest BCUT2D eigenvalue weighted by molar-refractivity contribution is 0.0781. The van der Waals surface area contributed by atoms with E-state index in [1.807, 2.05) is 84.6 Å². The summed E-state index contributed by atoms with van der Waals surface area (Å²) in [7, 11) is 0. The quantitative estimate of drug-likeness (QED) is 0.512. The van der Waals surface area contributed by atoms with Crippen LogP contribution in [0, 0.1) is 6.92 Å². The molecule has 0 saturated carbocycles. The summed E-state index contributed by atoms with van der Waals surface area (Å²) in [5.74, 6) is 0.398. The van der Waals surface area contributed by atoms with Crippen LogP contribution < -0.4 is 4.90 Å². The van der Waals surface area contributed by atoms with E-state index in [0.717, 1.165) is 65.8 Å². The molecular formula is C29H32ClN3O2. The summed E-state index contributed by atoms with van der Waals surface area (Å²) >= 11 is 5.54. The number of hydrogen-bond donors (Lipinski definition) is 1. The second kappa shape index (κ2) is 11.0. The lowest BCUT2D eigenvalue weighted by Gasteiger charge is -2.38. The number of hydrogen-bond acceptors (Lipinski definition) is 4. The first-order valence-corrected chi connectivity index (χ1v) is 12.3. The lowest BCUT2D eigenvalue weighted by atomic mass is 10.1. The van der Waals surface area contributed by atoms with E-state index < -0.39 is 0 Å². The van der Waals surface area contributed by atoms with Crippen LogP contribution in [0.2, 0.25) is 5.02 Å². The Morgan fingerprint density at radius 3 is 2.14 bits per heavy atom. The van der Waals surface area contributed by atoms with Gasteiger partial charge in [0.15, 0.2) is 0 Å². The average molecular weight is 490 g/mol. The fourth-order valence-corrected chi connectivity index (χ4v) is 4.86. The van der Waals surface area contributed by atoms with Crippen molar-refractivity contribution in [3.05, 3.63) is 101 Å². The lowest BCUT2D eigenvalue weighted by Crippen LogP contribution is -2.50. The van der Waals surface area contributed by atoms with Gasteiger partial charge in [-0.1, -0.05) is 60.6 Å². The van der Waals surface area contributed by atoms with Crippen molar-refractivity contribution in [2.24, 2.45) is 0 Å². The summed E-state index contributed by atoms with van der Waals surface area (Å²) in [4.78, 5) is 19.3. The van der Waals surface area contributed by atoms with Gasteiger partial charge in [0.1, 0.15) is 5.75 Å². The number of phenolic OH excluding ortho intramolecular Hbond substituents is 1. The number of halogens is 1. The Hall–Kier alpha value is -3.28. The number of aromatic hydroxyl groups is 1. The van der Waals surface area contributed by atoms with Crippen LogP contribution in [0.5, 0.6) is 5.75 Å². The number of aryl methyl sites for hydroxylation is 1. The van der Waals surface area contributed by atoms with E-state index in [1.54, 1.807) is 0 Å². The third-order valence-corrected chi connectivity index (χ3v) is 6.77. The minimum Gasteiger partial charge on any atom is -0.506 e. The van der Waals surface area contributed by atoms with Crippen molar-refractivity contribution in [2.75, 3.05) is 37.6 Å². The Bertz CT molecular complexity index is 1150. The highest BCUT2D eigenvalue weighted by Crippen LogP contribution is 2.33. The highest BCUT2D eigenvalue weighted by atomic mass is 35.5. The highest BCUT2D eigenvalue weighted by molar-refractivity contribution is 6.30. The van der Waals surface area contributed by atoms with Gasteiger partial charge >= 0.3 is 0 Å². The molecule has 2 aliphatic heterocycles. The van der Waals surface area contributed by atoms with Gasteiger partial charge in [-0.2, -0.15) is 0 Å². The van der Waals surface area contributed by atoms with Crippen LogP contribution in [0.25, 0.3) is 5.70 Å². The third-order valence-electron chi connectivity index (χ3n) is 6.52. The standard InChI is InChI=1S/C23H27N3O2.C6H5Cl/c1-16-8-9-21(22(27)14-16)25-12-10-24(11-13-25)15-17(2)26-18(3)19-6-4-5-7-20(19)23(26)28;7-6-4-2-1-3-5-6/h4-9,14,17,27H,3,10-13,15H2,1-2H3;1-5H. The maximum atomic E-state index is 12.8. The van der Waals surface area contributed by atoms with Gasteiger partial charge < -0.3 is 14.9 Å². The van der Waals surface area contributed by atoms with Gasteiger partial charge in [-0.3, -0.25) is 9.69 Å². The number of fused-ring (bicyclic) bond motifs is 1. The van der Waals surface area contributed by atoms with Crippen LogP contribution in [0.3, 0.4) is 0 Å². The molecule has 1 unspecified atom stereocenters. The van der Waals surface area contributed by atoms with E-state index in [-0.39, 0.29) is 11.9 Å². The minimum atomic E-state index is 0.0521. The summed E-state index contributed by atoms with van der Waals surface area (Å²) in [6.07, 6.45) is 0. The van der Waals surface area contributed by atoms with Crippen LogP contribution in [-0.2, 0) is 0 Å². The van der Waals surface area contributed by atoms with Gasteiger partial charge in [-0.25, -0.2) is 0 Å². The van der Waals surface area contributed by atoms with E-state index >= 15 is 0 Å². The summed E-state index contributed by atoms with van der Waals surface area (Å²) in [6, 6.07) is 23.0. The molecule has 2 heterocycles. The number of anilines is 1. The number of nitrogens with zero attached hydrogens (tertiary/aromatic N) is 3. The van der Waals surface area contributed by atoms with Crippen LogP contribution in [0.15, 0.2) is 79.4 Å². The number of piperazine rings is 1. The second-order valence-electron chi connectivity index (χ2n) is 9.09. The molecule has 1 saturated heterocycles. The van der Waals surface area contributed by atoms with Gasteiger partial charge in [0.2, 0.25) is 0 Å². The van der Waals surface area contributed by atoms with Crippen molar-refractivity contribution < 1.29 is 9.90 Å². The monoisotopic (exact) mass is 489 g/mol. The molecule has 3 aromatic rings. The Balaban J connectivity index is 0.000000356. The average Bonchev–Trinajstić information content (AvgIpc) is 3.11. The molecule has 182 valence electrons.